The highest BCUT2D eigenvalue weighted by Crippen LogP contribution is 2.32. The van der Waals surface area contributed by atoms with E-state index in [2.05, 4.69) is 16.9 Å². The Labute approximate surface area is 171 Å². The van der Waals surface area contributed by atoms with Crippen molar-refractivity contribution in [2.75, 3.05) is 11.9 Å². The SMILES string of the molecule is C=CCN1C(=O)[C@@H](CC(=O)Nc2cccc(Cl)c2)SC1=Nc1ccc(F)cc1. The van der Waals surface area contributed by atoms with Crippen LogP contribution >= 0.6 is 23.4 Å². The second kappa shape index (κ2) is 9.03. The van der Waals surface area contributed by atoms with E-state index >= 15 is 0 Å². The third-order valence-electron chi connectivity index (χ3n) is 3.86. The van der Waals surface area contributed by atoms with Crippen molar-refractivity contribution in [1.29, 1.82) is 0 Å². The maximum atomic E-state index is 13.1. The lowest BCUT2D eigenvalue weighted by Gasteiger charge is -2.13. The minimum Gasteiger partial charge on any atom is -0.326 e. The Morgan fingerprint density at radius 2 is 2.07 bits per heavy atom. The molecule has 144 valence electrons. The summed E-state index contributed by atoms with van der Waals surface area (Å²) in [5.74, 6) is -0.876. The van der Waals surface area contributed by atoms with Crippen LogP contribution < -0.4 is 5.32 Å². The highest BCUT2D eigenvalue weighted by atomic mass is 35.5. The lowest BCUT2D eigenvalue weighted by atomic mass is 10.2. The van der Waals surface area contributed by atoms with E-state index in [1.165, 1.54) is 40.9 Å². The zero-order chi connectivity index (χ0) is 20.1. The molecule has 3 rings (SSSR count). The number of benzene rings is 2. The smallest absolute Gasteiger partial charge is 0.242 e. The molecule has 5 nitrogen and oxygen atoms in total. The maximum absolute atomic E-state index is 13.1. The number of anilines is 1. The summed E-state index contributed by atoms with van der Waals surface area (Å²) in [6, 6.07) is 12.4. The van der Waals surface area contributed by atoms with Gasteiger partial charge >= 0.3 is 0 Å². The second-order valence-electron chi connectivity index (χ2n) is 5.98. The van der Waals surface area contributed by atoms with E-state index < -0.39 is 5.25 Å². The third kappa shape index (κ3) is 4.99. The van der Waals surface area contributed by atoms with Gasteiger partial charge in [-0.3, -0.25) is 14.5 Å². The Balaban J connectivity index is 1.73. The highest BCUT2D eigenvalue weighted by molar-refractivity contribution is 8.15. The van der Waals surface area contributed by atoms with Crippen molar-refractivity contribution >= 4 is 51.7 Å². The minimum absolute atomic E-state index is 0.00784. The molecular weight excluding hydrogens is 401 g/mol. The molecule has 0 unspecified atom stereocenters. The van der Waals surface area contributed by atoms with E-state index in [1.807, 2.05) is 0 Å². The van der Waals surface area contributed by atoms with Crippen LogP contribution in [-0.4, -0.2) is 33.7 Å². The second-order valence-corrected chi connectivity index (χ2v) is 7.58. The molecule has 2 aromatic rings. The van der Waals surface area contributed by atoms with Gasteiger partial charge in [0, 0.05) is 23.7 Å². The highest BCUT2D eigenvalue weighted by Gasteiger charge is 2.38. The topological polar surface area (TPSA) is 61.8 Å². The molecular formula is C20H17ClFN3O2S. The minimum atomic E-state index is -0.599. The van der Waals surface area contributed by atoms with Gasteiger partial charge in [-0.2, -0.15) is 0 Å². The van der Waals surface area contributed by atoms with Gasteiger partial charge in [0.15, 0.2) is 5.17 Å². The molecule has 2 amide bonds. The normalized spacial score (nSPS) is 17.8. The quantitative estimate of drug-likeness (QED) is 0.697. The van der Waals surface area contributed by atoms with Gasteiger partial charge < -0.3 is 5.32 Å². The number of rotatable bonds is 6. The number of halogens is 2. The van der Waals surface area contributed by atoms with Crippen LogP contribution in [0.5, 0.6) is 0 Å². The molecule has 2 aromatic carbocycles. The van der Waals surface area contributed by atoms with E-state index in [4.69, 9.17) is 11.6 Å². The fourth-order valence-corrected chi connectivity index (χ4v) is 3.95. The van der Waals surface area contributed by atoms with E-state index in [-0.39, 0.29) is 30.6 Å². The Morgan fingerprint density at radius 3 is 2.75 bits per heavy atom. The summed E-state index contributed by atoms with van der Waals surface area (Å²) >= 11 is 7.12. The summed E-state index contributed by atoms with van der Waals surface area (Å²) in [6.07, 6.45) is 1.58. The van der Waals surface area contributed by atoms with Gasteiger partial charge in [-0.25, -0.2) is 9.38 Å². The van der Waals surface area contributed by atoms with E-state index in [9.17, 15) is 14.0 Å². The average Bonchev–Trinajstić information content (AvgIpc) is 2.93. The zero-order valence-electron chi connectivity index (χ0n) is 14.8. The van der Waals surface area contributed by atoms with Crippen molar-refractivity contribution in [2.24, 2.45) is 4.99 Å². The summed E-state index contributed by atoms with van der Waals surface area (Å²) in [4.78, 5) is 31.0. The first-order chi connectivity index (χ1) is 13.5. The van der Waals surface area contributed by atoms with Crippen molar-refractivity contribution in [2.45, 2.75) is 11.7 Å². The lowest BCUT2D eigenvalue weighted by molar-refractivity contribution is -0.127. The number of aliphatic imine (C=N–C) groups is 1. The van der Waals surface area contributed by atoms with Crippen LogP contribution in [-0.2, 0) is 9.59 Å². The molecule has 0 aliphatic carbocycles. The molecule has 1 N–H and O–H groups in total. The van der Waals surface area contributed by atoms with Crippen LogP contribution in [0.2, 0.25) is 5.02 Å². The first kappa shape index (κ1) is 20.1. The predicted octanol–water partition coefficient (Wildman–Crippen LogP) is 4.63. The van der Waals surface area contributed by atoms with Gasteiger partial charge in [0.1, 0.15) is 11.1 Å². The Morgan fingerprint density at radius 1 is 1.32 bits per heavy atom. The van der Waals surface area contributed by atoms with Crippen LogP contribution in [0, 0.1) is 5.82 Å². The molecule has 0 aromatic heterocycles. The largest absolute Gasteiger partial charge is 0.326 e. The number of hydrogen-bond donors (Lipinski definition) is 1. The molecule has 1 saturated heterocycles. The van der Waals surface area contributed by atoms with Crippen molar-refractivity contribution in [1.82, 2.24) is 4.90 Å². The first-order valence-corrected chi connectivity index (χ1v) is 9.70. The Bertz CT molecular complexity index is 933. The van der Waals surface area contributed by atoms with Gasteiger partial charge in [0.05, 0.1) is 5.69 Å². The summed E-state index contributed by atoms with van der Waals surface area (Å²) in [6.45, 7) is 3.94. The molecule has 1 heterocycles. The van der Waals surface area contributed by atoms with Gasteiger partial charge in [-0.15, -0.1) is 6.58 Å². The monoisotopic (exact) mass is 417 g/mol. The molecule has 0 bridgehead atoms. The third-order valence-corrected chi connectivity index (χ3v) is 5.27. The van der Waals surface area contributed by atoms with Crippen LogP contribution in [0.3, 0.4) is 0 Å². The fraction of sp³-hybridized carbons (Fsp3) is 0.150. The maximum Gasteiger partial charge on any atom is 0.242 e. The standard InChI is InChI=1S/C20H17ClFN3O2S/c1-2-10-25-19(27)17(12-18(26)23-16-5-3-4-13(21)11-16)28-20(25)24-15-8-6-14(22)7-9-15/h2-9,11,17H,1,10,12H2,(H,23,26)/t17-/m1/s1. The molecule has 1 fully saturated rings. The number of carbonyl (C=O) groups excluding carboxylic acids is 2. The van der Waals surface area contributed by atoms with Gasteiger partial charge in [0.2, 0.25) is 11.8 Å². The van der Waals surface area contributed by atoms with Gasteiger partial charge in [0.25, 0.3) is 0 Å². The molecule has 28 heavy (non-hydrogen) atoms. The molecule has 1 atom stereocenters. The average molecular weight is 418 g/mol. The van der Waals surface area contributed by atoms with Crippen LogP contribution in [0.25, 0.3) is 0 Å². The first-order valence-electron chi connectivity index (χ1n) is 8.45. The van der Waals surface area contributed by atoms with Gasteiger partial charge in [-0.05, 0) is 42.5 Å². The molecule has 8 heteroatoms. The van der Waals surface area contributed by atoms with Crippen molar-refractivity contribution in [3.63, 3.8) is 0 Å². The van der Waals surface area contributed by atoms with Crippen LogP contribution in [0.1, 0.15) is 6.42 Å². The summed E-state index contributed by atoms with van der Waals surface area (Å²) in [5.41, 5.74) is 1.09. The summed E-state index contributed by atoms with van der Waals surface area (Å²) in [7, 11) is 0. The summed E-state index contributed by atoms with van der Waals surface area (Å²) in [5, 5.41) is 3.10. The van der Waals surface area contributed by atoms with Crippen molar-refractivity contribution in [3.05, 3.63) is 72.0 Å². The van der Waals surface area contributed by atoms with E-state index in [0.29, 0.717) is 21.6 Å². The Hall–Kier alpha value is -2.64. The van der Waals surface area contributed by atoms with E-state index in [0.717, 1.165) is 0 Å². The Kier molecular flexibility index (Phi) is 6.49. The summed E-state index contributed by atoms with van der Waals surface area (Å²) < 4.78 is 13.1. The number of nitrogens with one attached hydrogen (secondary N) is 1. The molecule has 0 saturated carbocycles. The molecule has 1 aliphatic rings. The van der Waals surface area contributed by atoms with Gasteiger partial charge in [-0.1, -0.05) is 35.5 Å². The van der Waals surface area contributed by atoms with Crippen molar-refractivity contribution in [3.8, 4) is 0 Å². The number of hydrogen-bond acceptors (Lipinski definition) is 4. The molecule has 0 spiro atoms. The number of amides is 2. The number of nitrogens with zero attached hydrogens (tertiary/aromatic N) is 2. The predicted molar refractivity (Wildman–Crippen MR) is 111 cm³/mol. The van der Waals surface area contributed by atoms with E-state index in [1.54, 1.807) is 30.3 Å². The lowest BCUT2D eigenvalue weighted by Crippen LogP contribution is -2.33. The van der Waals surface area contributed by atoms with Crippen LogP contribution in [0.15, 0.2) is 66.2 Å². The fourth-order valence-electron chi connectivity index (χ4n) is 2.59. The number of amidine groups is 1. The van der Waals surface area contributed by atoms with Crippen molar-refractivity contribution < 1.29 is 14.0 Å². The zero-order valence-corrected chi connectivity index (χ0v) is 16.3. The number of thioether (sulfide) groups is 1. The number of carbonyl (C=O) groups is 2. The molecule has 0 radical (unpaired) electrons. The van der Waals surface area contributed by atoms with Crippen LogP contribution in [0.4, 0.5) is 15.8 Å². The molecule has 1 aliphatic heterocycles.